The van der Waals surface area contributed by atoms with E-state index in [9.17, 15) is 4.79 Å². The largest absolute Gasteiger partial charge is 0.366 e. The topological polar surface area (TPSA) is 38.3 Å². The highest BCUT2D eigenvalue weighted by atomic mass is 16.5. The third-order valence-corrected chi connectivity index (χ3v) is 2.62. The molecule has 1 heterocycles. The van der Waals surface area contributed by atoms with E-state index in [0.717, 1.165) is 0 Å². The Morgan fingerprint density at radius 2 is 2.17 bits per heavy atom. The highest BCUT2D eigenvalue weighted by molar-refractivity contribution is 5.78. The number of amides is 1. The van der Waals surface area contributed by atoms with Crippen molar-refractivity contribution in [3.63, 3.8) is 0 Å². The zero-order chi connectivity index (χ0) is 8.77. The molecule has 12 heavy (non-hydrogen) atoms. The van der Waals surface area contributed by atoms with Gasteiger partial charge in [-0.25, -0.2) is 0 Å². The Kier molecular flexibility index (Phi) is 1.65. The standard InChI is InChI=1S/C9H15NO2/c1-9(2)8(6-3-4-6)12-5-7(11)10-9/h6,8H,3-5H2,1-2H3,(H,10,11). The number of nitrogens with one attached hydrogen (secondary N) is 1. The molecule has 0 aromatic carbocycles. The Hall–Kier alpha value is -0.570. The summed E-state index contributed by atoms with van der Waals surface area (Å²) >= 11 is 0. The van der Waals surface area contributed by atoms with E-state index in [2.05, 4.69) is 5.32 Å². The lowest BCUT2D eigenvalue weighted by atomic mass is 9.92. The average Bonchev–Trinajstić information content (AvgIpc) is 2.67. The van der Waals surface area contributed by atoms with Gasteiger partial charge in [0, 0.05) is 0 Å². The molecular weight excluding hydrogens is 154 g/mol. The number of morpholine rings is 1. The fourth-order valence-electron chi connectivity index (χ4n) is 1.96. The predicted molar refractivity (Wildman–Crippen MR) is 44.7 cm³/mol. The quantitative estimate of drug-likeness (QED) is 0.627. The van der Waals surface area contributed by atoms with E-state index in [1.807, 2.05) is 13.8 Å². The van der Waals surface area contributed by atoms with Gasteiger partial charge in [0.25, 0.3) is 0 Å². The second-order valence-corrected chi connectivity index (χ2v) is 4.34. The van der Waals surface area contributed by atoms with Crippen LogP contribution in [0.5, 0.6) is 0 Å². The number of hydrogen-bond acceptors (Lipinski definition) is 2. The van der Waals surface area contributed by atoms with Crippen LogP contribution in [0.1, 0.15) is 26.7 Å². The van der Waals surface area contributed by atoms with Gasteiger partial charge in [-0.15, -0.1) is 0 Å². The molecule has 0 aromatic rings. The van der Waals surface area contributed by atoms with Crippen LogP contribution in [0.2, 0.25) is 0 Å². The number of ether oxygens (including phenoxy) is 1. The molecule has 1 atom stereocenters. The summed E-state index contributed by atoms with van der Waals surface area (Å²) in [6.07, 6.45) is 2.74. The Morgan fingerprint density at radius 3 is 2.67 bits per heavy atom. The molecule has 3 nitrogen and oxygen atoms in total. The van der Waals surface area contributed by atoms with Gasteiger partial charge in [-0.05, 0) is 32.6 Å². The van der Waals surface area contributed by atoms with Crippen LogP contribution < -0.4 is 5.32 Å². The first-order valence-corrected chi connectivity index (χ1v) is 4.52. The monoisotopic (exact) mass is 169 g/mol. The number of carbonyl (C=O) groups is 1. The molecule has 0 aromatic heterocycles. The summed E-state index contributed by atoms with van der Waals surface area (Å²) in [7, 11) is 0. The molecule has 2 rings (SSSR count). The second-order valence-electron chi connectivity index (χ2n) is 4.34. The van der Waals surface area contributed by atoms with Crippen LogP contribution >= 0.6 is 0 Å². The summed E-state index contributed by atoms with van der Waals surface area (Å²) in [5.74, 6) is 0.692. The third kappa shape index (κ3) is 1.33. The zero-order valence-electron chi connectivity index (χ0n) is 7.59. The lowest BCUT2D eigenvalue weighted by Crippen LogP contribution is -2.59. The van der Waals surface area contributed by atoms with Gasteiger partial charge in [0.05, 0.1) is 11.6 Å². The van der Waals surface area contributed by atoms with Gasteiger partial charge >= 0.3 is 0 Å². The lowest BCUT2D eigenvalue weighted by molar-refractivity contribution is -0.143. The van der Waals surface area contributed by atoms with Gasteiger partial charge in [-0.2, -0.15) is 0 Å². The van der Waals surface area contributed by atoms with Gasteiger partial charge in [-0.1, -0.05) is 0 Å². The molecule has 2 aliphatic rings. The summed E-state index contributed by atoms with van der Waals surface area (Å²) in [5, 5.41) is 2.96. The van der Waals surface area contributed by atoms with Crippen molar-refractivity contribution < 1.29 is 9.53 Å². The minimum Gasteiger partial charge on any atom is -0.366 e. The first kappa shape index (κ1) is 8.05. The summed E-state index contributed by atoms with van der Waals surface area (Å²) in [6, 6.07) is 0. The molecule has 68 valence electrons. The molecule has 2 fully saturated rings. The molecule has 3 heteroatoms. The van der Waals surface area contributed by atoms with Gasteiger partial charge in [-0.3, -0.25) is 4.79 Å². The van der Waals surface area contributed by atoms with E-state index in [0.29, 0.717) is 5.92 Å². The van der Waals surface area contributed by atoms with Crippen molar-refractivity contribution in [1.82, 2.24) is 5.32 Å². The molecule has 1 aliphatic carbocycles. The van der Waals surface area contributed by atoms with E-state index >= 15 is 0 Å². The Bertz CT molecular complexity index is 209. The Labute approximate surface area is 72.5 Å². The van der Waals surface area contributed by atoms with Crippen LogP contribution in [0.4, 0.5) is 0 Å². The molecule has 0 spiro atoms. The van der Waals surface area contributed by atoms with E-state index in [1.54, 1.807) is 0 Å². The summed E-state index contributed by atoms with van der Waals surface area (Å²) in [6.45, 7) is 4.31. The molecule has 1 amide bonds. The molecule has 1 saturated heterocycles. The van der Waals surface area contributed by atoms with Crippen molar-refractivity contribution in [3.05, 3.63) is 0 Å². The van der Waals surface area contributed by atoms with E-state index in [4.69, 9.17) is 4.74 Å². The van der Waals surface area contributed by atoms with E-state index < -0.39 is 0 Å². The minimum atomic E-state index is -0.170. The van der Waals surface area contributed by atoms with E-state index in [1.165, 1.54) is 12.8 Å². The summed E-state index contributed by atoms with van der Waals surface area (Å²) < 4.78 is 5.52. The fraction of sp³-hybridized carbons (Fsp3) is 0.889. The lowest BCUT2D eigenvalue weighted by Gasteiger charge is -2.39. The van der Waals surface area contributed by atoms with Crippen molar-refractivity contribution in [2.24, 2.45) is 5.92 Å². The zero-order valence-corrected chi connectivity index (χ0v) is 7.59. The maximum atomic E-state index is 11.0. The number of hydrogen-bond donors (Lipinski definition) is 1. The number of rotatable bonds is 1. The Morgan fingerprint density at radius 1 is 1.50 bits per heavy atom. The smallest absolute Gasteiger partial charge is 0.246 e. The molecule has 1 unspecified atom stereocenters. The van der Waals surface area contributed by atoms with E-state index in [-0.39, 0.29) is 24.2 Å². The first-order valence-electron chi connectivity index (χ1n) is 4.52. The van der Waals surface area contributed by atoms with Crippen LogP contribution in [0.25, 0.3) is 0 Å². The van der Waals surface area contributed by atoms with Crippen molar-refractivity contribution in [2.45, 2.75) is 38.3 Å². The summed E-state index contributed by atoms with van der Waals surface area (Å²) in [4.78, 5) is 11.0. The molecule has 1 aliphatic heterocycles. The van der Waals surface area contributed by atoms with Crippen LogP contribution in [-0.2, 0) is 9.53 Å². The Balaban J connectivity index is 2.07. The predicted octanol–water partition coefficient (Wildman–Crippen LogP) is 0.690. The average molecular weight is 169 g/mol. The normalized spacial score (nSPS) is 34.5. The maximum absolute atomic E-state index is 11.0. The molecule has 1 N–H and O–H groups in total. The molecule has 0 bridgehead atoms. The van der Waals surface area contributed by atoms with Gasteiger partial charge < -0.3 is 10.1 Å². The highest BCUT2D eigenvalue weighted by Gasteiger charge is 2.45. The minimum absolute atomic E-state index is 0.0110. The first-order chi connectivity index (χ1) is 5.59. The van der Waals surface area contributed by atoms with Crippen molar-refractivity contribution in [2.75, 3.05) is 6.61 Å². The molecular formula is C9H15NO2. The SMILES string of the molecule is CC1(C)NC(=O)COC1C1CC1. The highest BCUT2D eigenvalue weighted by Crippen LogP contribution is 2.39. The third-order valence-electron chi connectivity index (χ3n) is 2.62. The van der Waals surface area contributed by atoms with Crippen molar-refractivity contribution in [1.29, 1.82) is 0 Å². The van der Waals surface area contributed by atoms with Crippen LogP contribution in [-0.4, -0.2) is 24.2 Å². The van der Waals surface area contributed by atoms with Crippen LogP contribution in [0, 0.1) is 5.92 Å². The van der Waals surface area contributed by atoms with Gasteiger partial charge in [0.15, 0.2) is 0 Å². The van der Waals surface area contributed by atoms with Gasteiger partial charge in [0.2, 0.25) is 5.91 Å². The summed E-state index contributed by atoms with van der Waals surface area (Å²) in [5.41, 5.74) is -0.170. The fourth-order valence-corrected chi connectivity index (χ4v) is 1.96. The van der Waals surface area contributed by atoms with Crippen molar-refractivity contribution >= 4 is 5.91 Å². The van der Waals surface area contributed by atoms with Crippen LogP contribution in [0.15, 0.2) is 0 Å². The van der Waals surface area contributed by atoms with Crippen molar-refractivity contribution in [3.8, 4) is 0 Å². The molecule has 0 radical (unpaired) electrons. The number of carbonyl (C=O) groups excluding carboxylic acids is 1. The maximum Gasteiger partial charge on any atom is 0.246 e. The molecule has 1 saturated carbocycles. The second kappa shape index (κ2) is 2.46. The van der Waals surface area contributed by atoms with Crippen LogP contribution in [0.3, 0.4) is 0 Å². The van der Waals surface area contributed by atoms with Gasteiger partial charge in [0.1, 0.15) is 6.61 Å².